The molecule has 0 bridgehead atoms. The predicted molar refractivity (Wildman–Crippen MR) is 123 cm³/mol. The van der Waals surface area contributed by atoms with Crippen molar-refractivity contribution in [3.8, 4) is 28.4 Å². The molecule has 0 saturated heterocycles. The molecular weight excluding hydrogens is 400 g/mol. The van der Waals surface area contributed by atoms with E-state index >= 15 is 0 Å². The van der Waals surface area contributed by atoms with Crippen molar-refractivity contribution in [2.45, 2.75) is 6.61 Å². The second-order valence-electron chi connectivity index (χ2n) is 7.49. The lowest BCUT2D eigenvalue weighted by molar-refractivity contribution is 0.305. The maximum absolute atomic E-state index is 5.93. The quantitative estimate of drug-likeness (QED) is 0.404. The second kappa shape index (κ2) is 7.63. The smallest absolute Gasteiger partial charge is 0.138 e. The van der Waals surface area contributed by atoms with E-state index in [1.807, 2.05) is 54.6 Å². The molecule has 0 fully saturated rings. The van der Waals surface area contributed by atoms with E-state index in [1.54, 1.807) is 24.8 Å². The Morgan fingerprint density at radius 1 is 0.844 bits per heavy atom. The van der Waals surface area contributed by atoms with Crippen LogP contribution in [0.1, 0.15) is 5.56 Å². The standard InChI is InChI=1S/C25H18N6O/c1-2-4-16(5-3-1)15-32-19-10-18(12-27-13-19)20-6-7-21-24(29-20)25(31-30-21)22-11-17-8-9-26-14-23(17)28-22/h1-14,28H,15H2,(H,30,31). The Labute approximate surface area is 183 Å². The highest BCUT2D eigenvalue weighted by molar-refractivity contribution is 5.94. The molecule has 0 amide bonds. The molecule has 5 heterocycles. The molecule has 6 aromatic rings. The molecular formula is C25H18N6O. The van der Waals surface area contributed by atoms with Gasteiger partial charge in [-0.1, -0.05) is 30.3 Å². The van der Waals surface area contributed by atoms with Crippen LogP contribution in [0.3, 0.4) is 0 Å². The number of ether oxygens (including phenoxy) is 1. The molecule has 0 unspecified atom stereocenters. The van der Waals surface area contributed by atoms with Gasteiger partial charge in [0.15, 0.2) is 0 Å². The van der Waals surface area contributed by atoms with Gasteiger partial charge < -0.3 is 9.72 Å². The van der Waals surface area contributed by atoms with Gasteiger partial charge in [0.05, 0.1) is 34.8 Å². The molecule has 7 heteroatoms. The summed E-state index contributed by atoms with van der Waals surface area (Å²) in [6.45, 7) is 0.486. The minimum atomic E-state index is 0.486. The number of aromatic nitrogens is 6. The summed E-state index contributed by atoms with van der Waals surface area (Å²) in [5.41, 5.74) is 7.06. The van der Waals surface area contributed by atoms with Crippen LogP contribution in [0.5, 0.6) is 5.75 Å². The van der Waals surface area contributed by atoms with Gasteiger partial charge in [-0.3, -0.25) is 15.1 Å². The van der Waals surface area contributed by atoms with Gasteiger partial charge in [-0.15, -0.1) is 0 Å². The third kappa shape index (κ3) is 3.35. The topological polar surface area (TPSA) is 92.4 Å². The SMILES string of the molecule is c1ccc(COc2cncc(-c3ccc4[nH]nc(-c5cc6ccncc6[nH]5)c4n3)c2)cc1. The summed E-state index contributed by atoms with van der Waals surface area (Å²) < 4.78 is 5.93. The van der Waals surface area contributed by atoms with E-state index < -0.39 is 0 Å². The maximum Gasteiger partial charge on any atom is 0.138 e. The Balaban J connectivity index is 1.34. The summed E-state index contributed by atoms with van der Waals surface area (Å²) in [5, 5.41) is 8.65. The van der Waals surface area contributed by atoms with Gasteiger partial charge in [0, 0.05) is 23.3 Å². The average Bonchev–Trinajstić information content (AvgIpc) is 3.47. The lowest BCUT2D eigenvalue weighted by atomic mass is 10.1. The highest BCUT2D eigenvalue weighted by Crippen LogP contribution is 2.30. The van der Waals surface area contributed by atoms with Gasteiger partial charge in [0.2, 0.25) is 0 Å². The summed E-state index contributed by atoms with van der Waals surface area (Å²) in [6.07, 6.45) is 7.09. The van der Waals surface area contributed by atoms with E-state index in [9.17, 15) is 0 Å². The first kappa shape index (κ1) is 18.3. The number of hydrogen-bond donors (Lipinski definition) is 2. The molecule has 1 aromatic carbocycles. The fraction of sp³-hybridized carbons (Fsp3) is 0.0400. The number of fused-ring (bicyclic) bond motifs is 2. The van der Waals surface area contributed by atoms with Crippen molar-refractivity contribution in [1.82, 2.24) is 30.1 Å². The van der Waals surface area contributed by atoms with E-state index in [0.29, 0.717) is 12.4 Å². The van der Waals surface area contributed by atoms with Crippen molar-refractivity contribution < 1.29 is 4.74 Å². The zero-order valence-electron chi connectivity index (χ0n) is 17.0. The van der Waals surface area contributed by atoms with Crippen LogP contribution in [0, 0.1) is 0 Å². The zero-order chi connectivity index (χ0) is 21.3. The van der Waals surface area contributed by atoms with Crippen molar-refractivity contribution in [2.24, 2.45) is 0 Å². The predicted octanol–water partition coefficient (Wildman–Crippen LogP) is 5.14. The lowest BCUT2D eigenvalue weighted by Crippen LogP contribution is -1.96. The number of nitrogens with zero attached hydrogens (tertiary/aromatic N) is 4. The van der Waals surface area contributed by atoms with Crippen LogP contribution < -0.4 is 4.74 Å². The Bertz CT molecular complexity index is 1500. The summed E-state index contributed by atoms with van der Waals surface area (Å²) in [6, 6.07) is 20.0. The molecule has 0 aliphatic carbocycles. The second-order valence-corrected chi connectivity index (χ2v) is 7.49. The van der Waals surface area contributed by atoms with Gasteiger partial charge in [0.1, 0.15) is 23.6 Å². The van der Waals surface area contributed by atoms with Crippen molar-refractivity contribution in [1.29, 1.82) is 0 Å². The highest BCUT2D eigenvalue weighted by atomic mass is 16.5. The molecule has 0 radical (unpaired) electrons. The Kier molecular flexibility index (Phi) is 4.35. The third-order valence-corrected chi connectivity index (χ3v) is 5.34. The van der Waals surface area contributed by atoms with Crippen LogP contribution in [-0.2, 0) is 6.61 Å². The average molecular weight is 418 g/mol. The van der Waals surface area contributed by atoms with Crippen LogP contribution in [-0.4, -0.2) is 30.1 Å². The number of aromatic amines is 2. The summed E-state index contributed by atoms with van der Waals surface area (Å²) in [4.78, 5) is 16.8. The number of pyridine rings is 3. The minimum Gasteiger partial charge on any atom is -0.487 e. The number of nitrogens with one attached hydrogen (secondary N) is 2. The molecule has 2 N–H and O–H groups in total. The van der Waals surface area contributed by atoms with E-state index in [2.05, 4.69) is 31.2 Å². The van der Waals surface area contributed by atoms with Crippen molar-refractivity contribution in [2.75, 3.05) is 0 Å². The van der Waals surface area contributed by atoms with Gasteiger partial charge >= 0.3 is 0 Å². The lowest BCUT2D eigenvalue weighted by Gasteiger charge is -2.08. The first-order chi connectivity index (χ1) is 15.8. The number of rotatable bonds is 5. The van der Waals surface area contributed by atoms with Gasteiger partial charge in [-0.2, -0.15) is 5.10 Å². The molecule has 7 nitrogen and oxygen atoms in total. The molecule has 6 rings (SSSR count). The van der Waals surface area contributed by atoms with E-state index in [-0.39, 0.29) is 0 Å². The minimum absolute atomic E-state index is 0.486. The fourth-order valence-electron chi connectivity index (χ4n) is 3.73. The molecule has 0 aliphatic rings. The summed E-state index contributed by atoms with van der Waals surface area (Å²) >= 11 is 0. The number of benzene rings is 1. The third-order valence-electron chi connectivity index (χ3n) is 5.34. The molecule has 154 valence electrons. The van der Waals surface area contributed by atoms with Crippen LogP contribution >= 0.6 is 0 Å². The summed E-state index contributed by atoms with van der Waals surface area (Å²) in [7, 11) is 0. The Morgan fingerprint density at radius 2 is 1.78 bits per heavy atom. The van der Waals surface area contributed by atoms with Gasteiger partial charge in [-0.05, 0) is 35.9 Å². The normalized spacial score (nSPS) is 11.2. The first-order valence-electron chi connectivity index (χ1n) is 10.2. The maximum atomic E-state index is 5.93. The van der Waals surface area contributed by atoms with Crippen LogP contribution in [0.15, 0.2) is 85.5 Å². The van der Waals surface area contributed by atoms with Gasteiger partial charge in [0.25, 0.3) is 0 Å². The monoisotopic (exact) mass is 418 g/mol. The number of H-pyrrole nitrogens is 2. The molecule has 0 saturated carbocycles. The molecule has 32 heavy (non-hydrogen) atoms. The zero-order valence-corrected chi connectivity index (χ0v) is 17.0. The van der Waals surface area contributed by atoms with E-state index in [1.165, 1.54) is 0 Å². The molecule has 0 atom stereocenters. The highest BCUT2D eigenvalue weighted by Gasteiger charge is 2.14. The largest absolute Gasteiger partial charge is 0.487 e. The molecule has 0 aliphatic heterocycles. The molecule has 0 spiro atoms. The fourth-order valence-corrected chi connectivity index (χ4v) is 3.73. The van der Waals surface area contributed by atoms with Crippen LogP contribution in [0.2, 0.25) is 0 Å². The summed E-state index contributed by atoms with van der Waals surface area (Å²) in [5.74, 6) is 0.698. The Hall–Kier alpha value is -4.52. The number of hydrogen-bond acceptors (Lipinski definition) is 5. The molecule has 5 aromatic heterocycles. The van der Waals surface area contributed by atoms with Gasteiger partial charge in [-0.25, -0.2) is 4.98 Å². The first-order valence-corrected chi connectivity index (χ1v) is 10.2. The van der Waals surface area contributed by atoms with Crippen LogP contribution in [0.4, 0.5) is 0 Å². The van der Waals surface area contributed by atoms with Crippen LogP contribution in [0.25, 0.3) is 44.6 Å². The van der Waals surface area contributed by atoms with E-state index in [0.717, 1.165) is 50.1 Å². The van der Waals surface area contributed by atoms with Crippen molar-refractivity contribution in [3.05, 3.63) is 91.0 Å². The van der Waals surface area contributed by atoms with E-state index in [4.69, 9.17) is 9.72 Å². The van der Waals surface area contributed by atoms with Crippen molar-refractivity contribution >= 4 is 21.9 Å². The van der Waals surface area contributed by atoms with Crippen molar-refractivity contribution in [3.63, 3.8) is 0 Å². The Morgan fingerprint density at radius 3 is 2.69 bits per heavy atom.